The third kappa shape index (κ3) is 1.62. The van der Waals surface area contributed by atoms with Gasteiger partial charge < -0.3 is 10.0 Å². The summed E-state index contributed by atoms with van der Waals surface area (Å²) >= 11 is 0. The summed E-state index contributed by atoms with van der Waals surface area (Å²) in [6.45, 7) is 2.05. The number of aliphatic hydroxyl groups excluding tert-OH is 1. The molecular weight excluding hydrogens is 166 g/mol. The van der Waals surface area contributed by atoms with Gasteiger partial charge >= 0.3 is 0 Å². The molecule has 2 rings (SSSR count). The highest BCUT2D eigenvalue weighted by Crippen LogP contribution is 2.20. The van der Waals surface area contributed by atoms with Gasteiger partial charge in [0.05, 0.1) is 6.61 Å². The second-order valence-electron chi connectivity index (χ2n) is 3.17. The molecule has 0 atom stereocenters. The van der Waals surface area contributed by atoms with Gasteiger partial charge in [-0.25, -0.2) is 9.97 Å². The summed E-state index contributed by atoms with van der Waals surface area (Å²) in [6.07, 6.45) is 6.59. The number of rotatable bonds is 2. The standard InChI is InChI=1S/C9H12N3O/c13-6-8-5-10-7-11-9(8)12-3-1-2-4-12/h5,13H,1-4,6H2. The van der Waals surface area contributed by atoms with Crippen LogP contribution in [0.4, 0.5) is 5.82 Å². The summed E-state index contributed by atoms with van der Waals surface area (Å²) in [5.41, 5.74) is 0.792. The predicted molar refractivity (Wildman–Crippen MR) is 48.2 cm³/mol. The number of aliphatic hydroxyl groups is 1. The first kappa shape index (κ1) is 8.44. The third-order valence-corrected chi connectivity index (χ3v) is 2.30. The lowest BCUT2D eigenvalue weighted by Gasteiger charge is -2.17. The van der Waals surface area contributed by atoms with Crippen molar-refractivity contribution in [3.63, 3.8) is 0 Å². The van der Waals surface area contributed by atoms with Crippen molar-refractivity contribution in [2.24, 2.45) is 0 Å². The molecule has 0 aliphatic carbocycles. The Morgan fingerprint density at radius 2 is 2.23 bits per heavy atom. The summed E-state index contributed by atoms with van der Waals surface area (Å²) in [7, 11) is 0. The van der Waals surface area contributed by atoms with E-state index in [4.69, 9.17) is 5.11 Å². The molecule has 1 aliphatic heterocycles. The van der Waals surface area contributed by atoms with Crippen LogP contribution in [0.15, 0.2) is 6.20 Å². The van der Waals surface area contributed by atoms with Crippen LogP contribution in [0.25, 0.3) is 0 Å². The molecular formula is C9H12N3O. The van der Waals surface area contributed by atoms with Crippen molar-refractivity contribution in [2.45, 2.75) is 19.4 Å². The monoisotopic (exact) mass is 178 g/mol. The second-order valence-corrected chi connectivity index (χ2v) is 3.17. The second kappa shape index (κ2) is 3.70. The molecule has 1 saturated heterocycles. The molecule has 0 saturated carbocycles. The van der Waals surface area contributed by atoms with Gasteiger partial charge in [-0.3, -0.25) is 0 Å². The van der Waals surface area contributed by atoms with E-state index in [0.29, 0.717) is 0 Å². The van der Waals surface area contributed by atoms with E-state index in [1.54, 1.807) is 6.20 Å². The lowest BCUT2D eigenvalue weighted by Crippen LogP contribution is -2.20. The number of aromatic nitrogens is 2. The van der Waals surface area contributed by atoms with E-state index in [1.807, 2.05) is 0 Å². The fourth-order valence-electron chi connectivity index (χ4n) is 1.63. The highest BCUT2D eigenvalue weighted by molar-refractivity contribution is 5.45. The lowest BCUT2D eigenvalue weighted by atomic mass is 10.3. The van der Waals surface area contributed by atoms with E-state index in [0.717, 1.165) is 24.5 Å². The maximum atomic E-state index is 9.06. The zero-order valence-electron chi connectivity index (χ0n) is 7.40. The van der Waals surface area contributed by atoms with Crippen molar-refractivity contribution in [1.82, 2.24) is 9.97 Å². The Balaban J connectivity index is 2.26. The SMILES string of the molecule is OCc1cn[c]nc1N1CCCC1. The lowest BCUT2D eigenvalue weighted by molar-refractivity contribution is 0.281. The summed E-state index contributed by atoms with van der Waals surface area (Å²) < 4.78 is 0. The molecule has 1 aromatic rings. The molecule has 0 amide bonds. The molecule has 13 heavy (non-hydrogen) atoms. The van der Waals surface area contributed by atoms with Crippen molar-refractivity contribution >= 4 is 5.82 Å². The highest BCUT2D eigenvalue weighted by Gasteiger charge is 2.16. The zero-order chi connectivity index (χ0) is 9.10. The average Bonchev–Trinajstić information content (AvgIpc) is 2.70. The molecule has 0 aromatic carbocycles. The van der Waals surface area contributed by atoms with Crippen LogP contribution < -0.4 is 4.90 Å². The molecule has 0 bridgehead atoms. The molecule has 1 aromatic heterocycles. The number of anilines is 1. The molecule has 2 heterocycles. The molecule has 0 spiro atoms. The van der Waals surface area contributed by atoms with Crippen molar-refractivity contribution in [2.75, 3.05) is 18.0 Å². The fourth-order valence-corrected chi connectivity index (χ4v) is 1.63. The minimum absolute atomic E-state index is 0.000509. The molecule has 1 fully saturated rings. The first-order valence-electron chi connectivity index (χ1n) is 4.49. The molecule has 4 heteroatoms. The van der Waals surface area contributed by atoms with Crippen LogP contribution in [-0.2, 0) is 6.61 Å². The maximum absolute atomic E-state index is 9.06. The maximum Gasteiger partial charge on any atom is 0.199 e. The van der Waals surface area contributed by atoms with Crippen molar-refractivity contribution in [3.05, 3.63) is 18.1 Å². The molecule has 0 unspecified atom stereocenters. The Morgan fingerprint density at radius 3 is 2.92 bits per heavy atom. The molecule has 1 aliphatic rings. The van der Waals surface area contributed by atoms with E-state index in [-0.39, 0.29) is 6.61 Å². The van der Waals surface area contributed by atoms with E-state index in [9.17, 15) is 0 Å². The Bertz CT molecular complexity index is 284. The molecule has 1 N–H and O–H groups in total. The van der Waals surface area contributed by atoms with Gasteiger partial charge in [0.2, 0.25) is 0 Å². The minimum Gasteiger partial charge on any atom is -0.391 e. The van der Waals surface area contributed by atoms with Crippen molar-refractivity contribution < 1.29 is 5.11 Å². The van der Waals surface area contributed by atoms with Gasteiger partial charge in [0, 0.05) is 24.8 Å². The number of nitrogens with zero attached hydrogens (tertiary/aromatic N) is 3. The van der Waals surface area contributed by atoms with E-state index >= 15 is 0 Å². The van der Waals surface area contributed by atoms with Crippen LogP contribution in [0.3, 0.4) is 0 Å². The van der Waals surface area contributed by atoms with E-state index in [1.165, 1.54) is 12.8 Å². The Morgan fingerprint density at radius 1 is 1.46 bits per heavy atom. The first-order chi connectivity index (χ1) is 6.42. The van der Waals surface area contributed by atoms with Gasteiger partial charge in [-0.2, -0.15) is 0 Å². The summed E-state index contributed by atoms with van der Waals surface area (Å²) in [4.78, 5) is 10.00. The quantitative estimate of drug-likeness (QED) is 0.710. The normalized spacial score (nSPS) is 16.5. The van der Waals surface area contributed by atoms with Gasteiger partial charge in [0.1, 0.15) is 5.82 Å². The van der Waals surface area contributed by atoms with Crippen LogP contribution >= 0.6 is 0 Å². The van der Waals surface area contributed by atoms with Crippen LogP contribution in [0.1, 0.15) is 18.4 Å². The Hall–Kier alpha value is -1.16. The van der Waals surface area contributed by atoms with E-state index in [2.05, 4.69) is 21.2 Å². The van der Waals surface area contributed by atoms with Crippen LogP contribution in [0.5, 0.6) is 0 Å². The predicted octanol–water partition coefficient (Wildman–Crippen LogP) is 0.369. The van der Waals surface area contributed by atoms with Gasteiger partial charge in [-0.1, -0.05) is 0 Å². The van der Waals surface area contributed by atoms with Gasteiger partial charge in [0.25, 0.3) is 0 Å². The molecule has 4 nitrogen and oxygen atoms in total. The van der Waals surface area contributed by atoms with E-state index < -0.39 is 0 Å². The number of hydrogen-bond donors (Lipinski definition) is 1. The summed E-state index contributed by atoms with van der Waals surface area (Å²) in [5.74, 6) is 0.843. The smallest absolute Gasteiger partial charge is 0.199 e. The van der Waals surface area contributed by atoms with Gasteiger partial charge in [-0.15, -0.1) is 0 Å². The Labute approximate surface area is 77.2 Å². The average molecular weight is 178 g/mol. The van der Waals surface area contributed by atoms with Gasteiger partial charge in [-0.05, 0) is 12.8 Å². The fraction of sp³-hybridized carbons (Fsp3) is 0.556. The zero-order valence-corrected chi connectivity index (χ0v) is 7.40. The third-order valence-electron chi connectivity index (χ3n) is 2.30. The van der Waals surface area contributed by atoms with Crippen molar-refractivity contribution in [3.8, 4) is 0 Å². The number of hydrogen-bond acceptors (Lipinski definition) is 4. The Kier molecular flexibility index (Phi) is 2.40. The highest BCUT2D eigenvalue weighted by atomic mass is 16.3. The summed E-state index contributed by atoms with van der Waals surface area (Å²) in [6, 6.07) is 0. The summed E-state index contributed by atoms with van der Waals surface area (Å²) in [5, 5.41) is 9.06. The first-order valence-corrected chi connectivity index (χ1v) is 4.49. The minimum atomic E-state index is 0.000509. The van der Waals surface area contributed by atoms with Crippen LogP contribution in [0, 0.1) is 6.33 Å². The van der Waals surface area contributed by atoms with Gasteiger partial charge in [0.15, 0.2) is 6.33 Å². The van der Waals surface area contributed by atoms with Crippen LogP contribution in [0.2, 0.25) is 0 Å². The van der Waals surface area contributed by atoms with Crippen molar-refractivity contribution in [1.29, 1.82) is 0 Å². The van der Waals surface area contributed by atoms with Crippen LogP contribution in [-0.4, -0.2) is 28.2 Å². The topological polar surface area (TPSA) is 49.3 Å². The molecule has 69 valence electrons. The molecule has 1 radical (unpaired) electrons. The largest absolute Gasteiger partial charge is 0.391 e.